The molecule has 1 aliphatic heterocycles. The first kappa shape index (κ1) is 15.3. The summed E-state index contributed by atoms with van der Waals surface area (Å²) in [5.74, 6) is -1.78. The lowest BCUT2D eigenvalue weighted by Gasteiger charge is -2.29. The van der Waals surface area contributed by atoms with Crippen LogP contribution in [0.15, 0.2) is 11.4 Å². The first-order chi connectivity index (χ1) is 9.19. The summed E-state index contributed by atoms with van der Waals surface area (Å²) in [5.41, 5.74) is -1.60. The Morgan fingerprint density at radius 1 is 1.55 bits per heavy atom. The number of halogens is 3. The van der Waals surface area contributed by atoms with Gasteiger partial charge in [0, 0.05) is 24.0 Å². The highest BCUT2D eigenvalue weighted by Gasteiger charge is 2.63. The molecule has 0 bridgehead atoms. The van der Waals surface area contributed by atoms with E-state index >= 15 is 0 Å². The molecule has 0 aromatic carbocycles. The molecule has 0 spiro atoms. The zero-order valence-electron chi connectivity index (χ0n) is 11.2. The average molecular weight is 307 g/mol. The van der Waals surface area contributed by atoms with Crippen molar-refractivity contribution in [3.05, 3.63) is 21.9 Å². The molecule has 1 aliphatic rings. The van der Waals surface area contributed by atoms with Crippen LogP contribution in [0.2, 0.25) is 0 Å². The number of alkyl halides is 3. The summed E-state index contributed by atoms with van der Waals surface area (Å²) >= 11 is 1.49. The van der Waals surface area contributed by atoms with Gasteiger partial charge in [0.05, 0.1) is 0 Å². The van der Waals surface area contributed by atoms with Gasteiger partial charge in [-0.2, -0.15) is 13.2 Å². The van der Waals surface area contributed by atoms with Crippen LogP contribution in [-0.2, 0) is 4.79 Å². The van der Waals surface area contributed by atoms with Crippen LogP contribution in [0.4, 0.5) is 13.2 Å². The highest BCUT2D eigenvalue weighted by molar-refractivity contribution is 7.10. The molecule has 2 atom stereocenters. The minimum atomic E-state index is -4.72. The van der Waals surface area contributed by atoms with E-state index in [2.05, 4.69) is 0 Å². The van der Waals surface area contributed by atoms with Crippen molar-refractivity contribution in [2.45, 2.75) is 32.5 Å². The van der Waals surface area contributed by atoms with Crippen LogP contribution in [0.1, 0.15) is 29.8 Å². The van der Waals surface area contributed by atoms with E-state index in [0.717, 1.165) is 10.4 Å². The fourth-order valence-corrected chi connectivity index (χ4v) is 3.69. The predicted octanol–water partition coefficient (Wildman–Crippen LogP) is 3.46. The van der Waals surface area contributed by atoms with Gasteiger partial charge in [0.2, 0.25) is 0 Å². The lowest BCUT2D eigenvalue weighted by molar-refractivity contribution is -0.227. The van der Waals surface area contributed by atoms with Crippen LogP contribution in [0.25, 0.3) is 0 Å². The van der Waals surface area contributed by atoms with Crippen LogP contribution in [0.5, 0.6) is 0 Å². The zero-order valence-corrected chi connectivity index (χ0v) is 12.0. The summed E-state index contributed by atoms with van der Waals surface area (Å²) in [6.45, 7) is 3.40. The van der Waals surface area contributed by atoms with E-state index in [1.54, 1.807) is 4.90 Å². The third kappa shape index (κ3) is 2.33. The van der Waals surface area contributed by atoms with Gasteiger partial charge in [-0.15, -0.1) is 11.3 Å². The van der Waals surface area contributed by atoms with Crippen molar-refractivity contribution in [1.82, 2.24) is 4.90 Å². The fourth-order valence-electron chi connectivity index (χ4n) is 2.68. The second-order valence-corrected chi connectivity index (χ2v) is 6.20. The molecule has 1 aromatic heterocycles. The monoisotopic (exact) mass is 307 g/mol. The maximum absolute atomic E-state index is 13.1. The number of rotatable bonds is 3. The molecule has 0 amide bonds. The van der Waals surface area contributed by atoms with Crippen LogP contribution >= 0.6 is 11.3 Å². The number of carboxylic acids is 1. The van der Waals surface area contributed by atoms with Crippen LogP contribution in [0, 0.1) is 12.3 Å². The minimum absolute atomic E-state index is 0.143. The fraction of sp³-hybridized carbons (Fsp3) is 0.615. The zero-order chi connectivity index (χ0) is 15.1. The van der Waals surface area contributed by atoms with Crippen molar-refractivity contribution in [3.63, 3.8) is 0 Å². The van der Waals surface area contributed by atoms with Gasteiger partial charge in [0.25, 0.3) is 0 Å². The van der Waals surface area contributed by atoms with E-state index in [1.807, 2.05) is 25.3 Å². The number of aliphatic carboxylic acids is 1. The molecule has 112 valence electrons. The normalized spacial score (nSPS) is 25.9. The summed E-state index contributed by atoms with van der Waals surface area (Å²) in [4.78, 5) is 13.8. The van der Waals surface area contributed by atoms with Crippen molar-refractivity contribution in [2.75, 3.05) is 13.1 Å². The molecule has 0 aliphatic carbocycles. The van der Waals surface area contributed by atoms with Crippen LogP contribution in [0.3, 0.4) is 0 Å². The number of hydrogen-bond donors (Lipinski definition) is 1. The third-order valence-corrected chi connectivity index (χ3v) is 5.27. The summed E-state index contributed by atoms with van der Waals surface area (Å²) in [6, 6.07) is 1.72. The average Bonchev–Trinajstić information content (AvgIpc) is 2.93. The molecule has 3 nitrogen and oxygen atoms in total. The maximum Gasteiger partial charge on any atom is 0.406 e. The molecule has 0 saturated carbocycles. The van der Waals surface area contributed by atoms with Gasteiger partial charge in [-0.25, -0.2) is 0 Å². The van der Waals surface area contributed by atoms with E-state index in [0.29, 0.717) is 0 Å². The largest absolute Gasteiger partial charge is 0.481 e. The molecule has 1 saturated heterocycles. The Hall–Kier alpha value is -1.08. The number of carbonyl (C=O) groups is 1. The van der Waals surface area contributed by atoms with Crippen LogP contribution in [-0.4, -0.2) is 35.2 Å². The van der Waals surface area contributed by atoms with Crippen LogP contribution < -0.4 is 0 Å². The Morgan fingerprint density at radius 2 is 2.20 bits per heavy atom. The van der Waals surface area contributed by atoms with E-state index < -0.39 is 24.1 Å². The molecule has 2 rings (SSSR count). The Kier molecular flexibility index (Phi) is 3.85. The molecular weight excluding hydrogens is 291 g/mol. The van der Waals surface area contributed by atoms with Gasteiger partial charge in [-0.1, -0.05) is 0 Å². The minimum Gasteiger partial charge on any atom is -0.481 e. The van der Waals surface area contributed by atoms with Crippen molar-refractivity contribution < 1.29 is 23.1 Å². The van der Waals surface area contributed by atoms with Gasteiger partial charge in [0.15, 0.2) is 5.41 Å². The van der Waals surface area contributed by atoms with Crippen molar-refractivity contribution in [3.8, 4) is 0 Å². The topological polar surface area (TPSA) is 40.5 Å². The van der Waals surface area contributed by atoms with E-state index in [4.69, 9.17) is 5.11 Å². The molecule has 2 unspecified atom stereocenters. The van der Waals surface area contributed by atoms with Crippen molar-refractivity contribution in [1.29, 1.82) is 0 Å². The third-order valence-electron chi connectivity index (χ3n) is 4.08. The van der Waals surface area contributed by atoms with Gasteiger partial charge >= 0.3 is 12.1 Å². The molecule has 1 N–H and O–H groups in total. The van der Waals surface area contributed by atoms with Crippen molar-refractivity contribution >= 4 is 17.3 Å². The Balaban J connectivity index is 2.23. The number of hydrogen-bond acceptors (Lipinski definition) is 3. The number of likely N-dealkylation sites (tertiary alicyclic amines) is 1. The molecule has 1 fully saturated rings. The first-order valence-electron chi connectivity index (χ1n) is 6.27. The van der Waals surface area contributed by atoms with Gasteiger partial charge in [-0.05, 0) is 37.3 Å². The Morgan fingerprint density at radius 3 is 2.60 bits per heavy atom. The molecule has 2 heterocycles. The second kappa shape index (κ2) is 5.04. The lowest BCUT2D eigenvalue weighted by Crippen LogP contribution is -2.47. The molecule has 1 aromatic rings. The van der Waals surface area contributed by atoms with Gasteiger partial charge in [-0.3, -0.25) is 9.69 Å². The summed E-state index contributed by atoms with van der Waals surface area (Å²) in [6.07, 6.45) is -5.11. The predicted molar refractivity (Wildman–Crippen MR) is 69.8 cm³/mol. The Bertz CT molecular complexity index is 514. The number of carboxylic acid groups (broad SMARTS) is 1. The number of thiophene rings is 1. The van der Waals surface area contributed by atoms with E-state index in [9.17, 15) is 18.0 Å². The summed E-state index contributed by atoms with van der Waals surface area (Å²) in [7, 11) is 0. The lowest BCUT2D eigenvalue weighted by atomic mass is 9.86. The molecule has 0 radical (unpaired) electrons. The van der Waals surface area contributed by atoms with E-state index in [-0.39, 0.29) is 19.0 Å². The number of aryl methyl sites for hydroxylation is 1. The maximum atomic E-state index is 13.1. The molecule has 7 heteroatoms. The van der Waals surface area contributed by atoms with Gasteiger partial charge in [0.1, 0.15) is 0 Å². The highest BCUT2D eigenvalue weighted by Crippen LogP contribution is 2.47. The quantitative estimate of drug-likeness (QED) is 0.929. The SMILES string of the molecule is Cc1ccsc1C(C)N1CCC(C(=O)O)(C(F)(F)F)C1. The molecule has 20 heavy (non-hydrogen) atoms. The Labute approximate surface area is 119 Å². The standard InChI is InChI=1S/C13H16F3NO2S/c1-8-3-6-20-10(8)9(2)17-5-4-12(7-17,11(18)19)13(14,15)16/h3,6,9H,4-5,7H2,1-2H3,(H,18,19). The highest BCUT2D eigenvalue weighted by atomic mass is 32.1. The summed E-state index contributed by atoms with van der Waals surface area (Å²) < 4.78 is 39.4. The van der Waals surface area contributed by atoms with Gasteiger partial charge < -0.3 is 5.11 Å². The molecular formula is C13H16F3NO2S. The second-order valence-electron chi connectivity index (χ2n) is 5.25. The summed E-state index contributed by atoms with van der Waals surface area (Å²) in [5, 5.41) is 10.9. The van der Waals surface area contributed by atoms with E-state index in [1.165, 1.54) is 11.3 Å². The number of nitrogens with zero attached hydrogens (tertiary/aromatic N) is 1. The smallest absolute Gasteiger partial charge is 0.406 e. The first-order valence-corrected chi connectivity index (χ1v) is 7.15. The van der Waals surface area contributed by atoms with Crippen molar-refractivity contribution in [2.24, 2.45) is 5.41 Å².